The molecule has 2 amide bonds. The van der Waals surface area contributed by atoms with Crippen LogP contribution in [0.3, 0.4) is 0 Å². The molecule has 1 aliphatic heterocycles. The predicted molar refractivity (Wildman–Crippen MR) is 151 cm³/mol. The number of pyridine rings is 1. The third-order valence-corrected chi connectivity index (χ3v) is 7.49. The fraction of sp³-hybridized carbons (Fsp3) is 0.467. The molecule has 38 heavy (non-hydrogen) atoms. The van der Waals surface area contributed by atoms with E-state index in [1.54, 1.807) is 30.7 Å². The molecule has 3 aromatic rings. The molecule has 2 aromatic heterocycles. The van der Waals surface area contributed by atoms with E-state index in [0.717, 1.165) is 61.5 Å². The molecular formula is C30H40N6O2. The van der Waals surface area contributed by atoms with Gasteiger partial charge in [0.1, 0.15) is 5.41 Å². The van der Waals surface area contributed by atoms with Crippen LogP contribution in [0.25, 0.3) is 0 Å². The molecule has 0 atom stereocenters. The number of nitrogens with zero attached hydrogens (tertiary/aromatic N) is 6. The Hall–Kier alpha value is -3.52. The van der Waals surface area contributed by atoms with Crippen molar-refractivity contribution in [2.24, 2.45) is 12.5 Å². The second-order valence-electron chi connectivity index (χ2n) is 10.8. The Kier molecular flexibility index (Phi) is 8.31. The maximum absolute atomic E-state index is 13.2. The zero-order valence-electron chi connectivity index (χ0n) is 23.6. The average molecular weight is 517 g/mol. The van der Waals surface area contributed by atoms with Crippen LogP contribution < -0.4 is 9.80 Å². The van der Waals surface area contributed by atoms with Gasteiger partial charge in [-0.2, -0.15) is 5.10 Å². The Labute approximate surface area is 226 Å². The summed E-state index contributed by atoms with van der Waals surface area (Å²) >= 11 is 0. The first kappa shape index (κ1) is 27.5. The molecule has 4 rings (SSSR count). The van der Waals surface area contributed by atoms with Crippen LogP contribution in [-0.4, -0.2) is 58.2 Å². The standard InChI is InChI=1S/C30H40N6O2/c1-7-36-26-13-12-23(19-27(26)33(5)28(37)30(3,4)29(36)38)11-9-16-35(17-14-24-10-8-15-31-20-24)21-25-18-22(2)32-34(25)6/h8,10,12-13,15,18-20H,7,9,11,14,16-17,21H2,1-6H3. The SMILES string of the molecule is CCN1C(=O)C(C)(C)C(=O)N(C)c2cc(CCCN(CCc3cccnc3)Cc3cc(C)nn3C)ccc21. The Morgan fingerprint density at radius 2 is 1.74 bits per heavy atom. The first-order chi connectivity index (χ1) is 18.1. The van der Waals surface area contributed by atoms with E-state index >= 15 is 0 Å². The van der Waals surface area contributed by atoms with Gasteiger partial charge in [0.2, 0.25) is 11.8 Å². The van der Waals surface area contributed by atoms with E-state index in [0.29, 0.717) is 6.54 Å². The fourth-order valence-electron chi connectivity index (χ4n) is 5.25. The van der Waals surface area contributed by atoms with Crippen LogP contribution in [-0.2, 0) is 36.0 Å². The topological polar surface area (TPSA) is 74.6 Å². The second-order valence-corrected chi connectivity index (χ2v) is 10.8. The number of aryl methyl sites for hydroxylation is 3. The van der Waals surface area contributed by atoms with Crippen molar-refractivity contribution in [1.82, 2.24) is 19.7 Å². The number of amides is 2. The molecule has 1 aliphatic rings. The lowest BCUT2D eigenvalue weighted by Crippen LogP contribution is -2.47. The number of rotatable bonds is 10. The van der Waals surface area contributed by atoms with Crippen molar-refractivity contribution in [3.8, 4) is 0 Å². The summed E-state index contributed by atoms with van der Waals surface area (Å²) < 4.78 is 1.97. The summed E-state index contributed by atoms with van der Waals surface area (Å²) in [5, 5.41) is 4.52. The second kappa shape index (κ2) is 11.5. The molecule has 0 saturated carbocycles. The summed E-state index contributed by atoms with van der Waals surface area (Å²) in [6.07, 6.45) is 6.54. The molecule has 8 nitrogen and oxygen atoms in total. The number of aromatic nitrogens is 3. The Morgan fingerprint density at radius 3 is 2.39 bits per heavy atom. The van der Waals surface area contributed by atoms with E-state index in [2.05, 4.69) is 39.2 Å². The van der Waals surface area contributed by atoms with E-state index in [-0.39, 0.29) is 11.8 Å². The Morgan fingerprint density at radius 1 is 0.947 bits per heavy atom. The number of hydrogen-bond acceptors (Lipinski definition) is 5. The lowest BCUT2D eigenvalue weighted by Gasteiger charge is -2.27. The van der Waals surface area contributed by atoms with Crippen molar-refractivity contribution in [2.75, 3.05) is 36.5 Å². The molecule has 1 aromatic carbocycles. The van der Waals surface area contributed by atoms with E-state index in [1.165, 1.54) is 11.3 Å². The van der Waals surface area contributed by atoms with E-state index in [1.807, 2.05) is 50.1 Å². The van der Waals surface area contributed by atoms with Gasteiger partial charge in [-0.1, -0.05) is 12.1 Å². The van der Waals surface area contributed by atoms with Crippen LogP contribution in [0.2, 0.25) is 0 Å². The smallest absolute Gasteiger partial charge is 0.242 e. The summed E-state index contributed by atoms with van der Waals surface area (Å²) in [4.78, 5) is 36.4. The number of carbonyl (C=O) groups excluding carboxylic acids is 2. The van der Waals surface area contributed by atoms with Gasteiger partial charge in [-0.25, -0.2) is 0 Å². The van der Waals surface area contributed by atoms with E-state index < -0.39 is 5.41 Å². The number of benzene rings is 1. The van der Waals surface area contributed by atoms with Crippen molar-refractivity contribution in [3.63, 3.8) is 0 Å². The largest absolute Gasteiger partial charge is 0.313 e. The molecule has 8 heteroatoms. The number of carbonyl (C=O) groups is 2. The lowest BCUT2D eigenvalue weighted by atomic mass is 9.90. The molecule has 0 radical (unpaired) electrons. The Bertz CT molecular complexity index is 1280. The van der Waals surface area contributed by atoms with Crippen LogP contribution >= 0.6 is 0 Å². The van der Waals surface area contributed by atoms with Crippen LogP contribution in [0.4, 0.5) is 11.4 Å². The maximum Gasteiger partial charge on any atom is 0.242 e. The van der Waals surface area contributed by atoms with Gasteiger partial charge in [-0.15, -0.1) is 0 Å². The first-order valence-corrected chi connectivity index (χ1v) is 13.5. The van der Waals surface area contributed by atoms with Crippen molar-refractivity contribution in [2.45, 2.75) is 53.5 Å². The van der Waals surface area contributed by atoms with Gasteiger partial charge < -0.3 is 9.80 Å². The van der Waals surface area contributed by atoms with Crippen molar-refractivity contribution < 1.29 is 9.59 Å². The number of anilines is 2. The van der Waals surface area contributed by atoms with Gasteiger partial charge in [0.15, 0.2) is 0 Å². The van der Waals surface area contributed by atoms with Crippen molar-refractivity contribution in [1.29, 1.82) is 0 Å². The van der Waals surface area contributed by atoms with Gasteiger partial charge >= 0.3 is 0 Å². The van der Waals surface area contributed by atoms with Crippen LogP contribution in [0.1, 0.15) is 49.7 Å². The first-order valence-electron chi connectivity index (χ1n) is 13.5. The highest BCUT2D eigenvalue weighted by Gasteiger charge is 2.45. The molecular weight excluding hydrogens is 476 g/mol. The monoisotopic (exact) mass is 516 g/mol. The minimum atomic E-state index is -1.09. The molecule has 0 bridgehead atoms. The zero-order chi connectivity index (χ0) is 27.4. The van der Waals surface area contributed by atoms with Gasteiger partial charge in [-0.05, 0) is 88.9 Å². The van der Waals surface area contributed by atoms with E-state index in [4.69, 9.17) is 0 Å². The molecule has 202 valence electrons. The summed E-state index contributed by atoms with van der Waals surface area (Å²) in [5.41, 5.74) is 5.12. The molecule has 0 unspecified atom stereocenters. The van der Waals surface area contributed by atoms with E-state index in [9.17, 15) is 9.59 Å². The fourth-order valence-corrected chi connectivity index (χ4v) is 5.25. The van der Waals surface area contributed by atoms with Crippen LogP contribution in [0, 0.1) is 12.3 Å². The highest BCUT2D eigenvalue weighted by Crippen LogP contribution is 2.38. The summed E-state index contributed by atoms with van der Waals surface area (Å²) in [5.74, 6) is -0.331. The normalized spacial score (nSPS) is 15.2. The predicted octanol–water partition coefficient (Wildman–Crippen LogP) is 4.16. The quantitative estimate of drug-likeness (QED) is 0.379. The van der Waals surface area contributed by atoms with Crippen LogP contribution in [0.5, 0.6) is 0 Å². The molecule has 0 N–H and O–H groups in total. The summed E-state index contributed by atoms with van der Waals surface area (Å²) in [7, 11) is 3.77. The maximum atomic E-state index is 13.2. The van der Waals surface area contributed by atoms with Crippen molar-refractivity contribution >= 4 is 23.2 Å². The molecule has 0 aliphatic carbocycles. The zero-order valence-corrected chi connectivity index (χ0v) is 23.6. The average Bonchev–Trinajstić information content (AvgIpc) is 3.21. The van der Waals surface area contributed by atoms with Crippen molar-refractivity contribution in [3.05, 3.63) is 71.3 Å². The number of fused-ring (bicyclic) bond motifs is 1. The molecule has 3 heterocycles. The third kappa shape index (κ3) is 5.80. The highest BCUT2D eigenvalue weighted by molar-refractivity contribution is 6.19. The summed E-state index contributed by atoms with van der Waals surface area (Å²) in [6.45, 7) is 10.6. The lowest BCUT2D eigenvalue weighted by molar-refractivity contribution is -0.137. The molecule has 0 fully saturated rings. The number of hydrogen-bond donors (Lipinski definition) is 0. The highest BCUT2D eigenvalue weighted by atomic mass is 16.2. The van der Waals surface area contributed by atoms with Crippen LogP contribution in [0.15, 0.2) is 48.8 Å². The van der Waals surface area contributed by atoms with Gasteiger partial charge in [0.25, 0.3) is 0 Å². The van der Waals surface area contributed by atoms with Gasteiger partial charge in [0.05, 0.1) is 22.8 Å². The Balaban J connectivity index is 1.48. The molecule has 0 spiro atoms. The summed E-state index contributed by atoms with van der Waals surface area (Å²) in [6, 6.07) is 12.4. The third-order valence-electron chi connectivity index (χ3n) is 7.49. The van der Waals surface area contributed by atoms with Gasteiger partial charge in [0, 0.05) is 46.1 Å². The molecule has 0 saturated heterocycles. The minimum absolute atomic E-state index is 0.155. The minimum Gasteiger partial charge on any atom is -0.313 e. The van der Waals surface area contributed by atoms with Gasteiger partial charge in [-0.3, -0.25) is 24.2 Å².